The number of hydrogen-bond acceptors (Lipinski definition) is 4. The molecule has 0 saturated carbocycles. The molecule has 1 aliphatic rings. The fourth-order valence-electron chi connectivity index (χ4n) is 2.29. The third-order valence-electron chi connectivity index (χ3n) is 3.46. The van der Waals surface area contributed by atoms with Crippen molar-refractivity contribution in [3.63, 3.8) is 0 Å². The van der Waals surface area contributed by atoms with Crippen LogP contribution >= 0.6 is 15.9 Å². The van der Waals surface area contributed by atoms with E-state index in [1.165, 1.54) is 12.8 Å². The summed E-state index contributed by atoms with van der Waals surface area (Å²) in [7, 11) is 0. The first-order valence-corrected chi connectivity index (χ1v) is 7.39. The van der Waals surface area contributed by atoms with Gasteiger partial charge < -0.3 is 4.90 Å². The number of piperidine rings is 1. The summed E-state index contributed by atoms with van der Waals surface area (Å²) in [5.41, 5.74) is 1.78. The number of alkyl halides is 1. The first kappa shape index (κ1) is 11.8. The molecule has 1 aromatic heterocycles. The highest BCUT2D eigenvalue weighted by Gasteiger charge is 2.20. The van der Waals surface area contributed by atoms with Crippen LogP contribution in [0.15, 0.2) is 24.3 Å². The number of aromatic nitrogens is 3. The predicted octanol–water partition coefficient (Wildman–Crippen LogP) is 2.64. The summed E-state index contributed by atoms with van der Waals surface area (Å²) < 4.78 is 0. The Balaban J connectivity index is 1.82. The third-order valence-corrected chi connectivity index (χ3v) is 4.38. The van der Waals surface area contributed by atoms with Gasteiger partial charge >= 0.3 is 0 Å². The smallest absolute Gasteiger partial charge is 0.245 e. The highest BCUT2D eigenvalue weighted by Crippen LogP contribution is 2.22. The number of halogens is 1. The predicted molar refractivity (Wildman–Crippen MR) is 76.1 cm³/mol. The van der Waals surface area contributed by atoms with Crippen LogP contribution in [0.5, 0.6) is 0 Å². The van der Waals surface area contributed by atoms with E-state index in [0.29, 0.717) is 0 Å². The van der Waals surface area contributed by atoms with Gasteiger partial charge in [0.2, 0.25) is 5.95 Å². The number of fused-ring (bicyclic) bond motifs is 1. The molecule has 3 rings (SSSR count). The molecule has 2 aromatic rings. The molecule has 0 N–H and O–H groups in total. The van der Waals surface area contributed by atoms with Crippen molar-refractivity contribution in [3.8, 4) is 0 Å². The van der Waals surface area contributed by atoms with Crippen LogP contribution in [-0.4, -0.2) is 33.6 Å². The highest BCUT2D eigenvalue weighted by atomic mass is 79.9. The second-order valence-electron chi connectivity index (χ2n) is 4.69. The van der Waals surface area contributed by atoms with Crippen LogP contribution in [0, 0.1) is 5.92 Å². The molecule has 0 aliphatic carbocycles. The van der Waals surface area contributed by atoms with E-state index in [-0.39, 0.29) is 0 Å². The summed E-state index contributed by atoms with van der Waals surface area (Å²) >= 11 is 3.56. The van der Waals surface area contributed by atoms with Gasteiger partial charge in [-0.3, -0.25) is 0 Å². The summed E-state index contributed by atoms with van der Waals surface area (Å²) in [6.45, 7) is 2.05. The molecule has 5 heteroatoms. The molecule has 18 heavy (non-hydrogen) atoms. The zero-order chi connectivity index (χ0) is 12.4. The number of hydrogen-bond donors (Lipinski definition) is 0. The molecule has 1 fully saturated rings. The topological polar surface area (TPSA) is 41.9 Å². The van der Waals surface area contributed by atoms with Crippen molar-refractivity contribution in [3.05, 3.63) is 24.3 Å². The van der Waals surface area contributed by atoms with E-state index < -0.39 is 0 Å². The maximum absolute atomic E-state index is 4.59. The van der Waals surface area contributed by atoms with Crippen molar-refractivity contribution in [1.82, 2.24) is 15.2 Å². The molecule has 0 bridgehead atoms. The van der Waals surface area contributed by atoms with Crippen LogP contribution in [0.1, 0.15) is 12.8 Å². The van der Waals surface area contributed by atoms with Gasteiger partial charge in [0, 0.05) is 18.4 Å². The average molecular weight is 307 g/mol. The number of rotatable bonds is 2. The molecule has 0 amide bonds. The Morgan fingerprint density at radius 2 is 1.83 bits per heavy atom. The monoisotopic (exact) mass is 306 g/mol. The maximum Gasteiger partial charge on any atom is 0.245 e. The Morgan fingerprint density at radius 1 is 1.11 bits per heavy atom. The summed E-state index contributed by atoms with van der Waals surface area (Å²) in [4.78, 5) is 6.83. The quantitative estimate of drug-likeness (QED) is 0.800. The molecular weight excluding hydrogens is 292 g/mol. The fourth-order valence-corrected chi connectivity index (χ4v) is 2.94. The normalized spacial score (nSPS) is 17.3. The van der Waals surface area contributed by atoms with E-state index in [1.807, 2.05) is 24.3 Å². The molecule has 2 heterocycles. The van der Waals surface area contributed by atoms with Crippen molar-refractivity contribution in [2.24, 2.45) is 5.92 Å². The molecular formula is C13H15BrN4. The second-order valence-corrected chi connectivity index (χ2v) is 5.33. The fraction of sp³-hybridized carbons (Fsp3) is 0.462. The molecule has 94 valence electrons. The van der Waals surface area contributed by atoms with Crippen molar-refractivity contribution >= 4 is 32.9 Å². The van der Waals surface area contributed by atoms with Crippen LogP contribution in [0.25, 0.3) is 11.0 Å². The lowest BCUT2D eigenvalue weighted by molar-refractivity contribution is 0.442. The van der Waals surface area contributed by atoms with Gasteiger partial charge in [0.25, 0.3) is 0 Å². The molecule has 4 nitrogen and oxygen atoms in total. The van der Waals surface area contributed by atoms with E-state index in [1.54, 1.807) is 0 Å². The van der Waals surface area contributed by atoms with Gasteiger partial charge in [-0.1, -0.05) is 28.1 Å². The molecule has 0 spiro atoms. The van der Waals surface area contributed by atoms with E-state index in [0.717, 1.165) is 41.3 Å². The Labute approximate surface area is 115 Å². The Kier molecular flexibility index (Phi) is 3.41. The lowest BCUT2D eigenvalue weighted by Crippen LogP contribution is -2.35. The van der Waals surface area contributed by atoms with Gasteiger partial charge in [-0.15, -0.1) is 10.2 Å². The van der Waals surface area contributed by atoms with Crippen molar-refractivity contribution in [2.75, 3.05) is 23.3 Å². The number of anilines is 1. The van der Waals surface area contributed by atoms with Crippen molar-refractivity contribution in [1.29, 1.82) is 0 Å². The SMILES string of the molecule is BrCC1CCN(c2nnc3ccccc3n2)CC1. The van der Waals surface area contributed by atoms with Crippen LogP contribution in [0.4, 0.5) is 5.95 Å². The average Bonchev–Trinajstić information content (AvgIpc) is 2.47. The zero-order valence-electron chi connectivity index (χ0n) is 10.1. The van der Waals surface area contributed by atoms with Gasteiger partial charge in [-0.2, -0.15) is 0 Å². The summed E-state index contributed by atoms with van der Waals surface area (Å²) in [5.74, 6) is 1.55. The Morgan fingerprint density at radius 3 is 2.56 bits per heavy atom. The van der Waals surface area contributed by atoms with Crippen LogP contribution in [0.2, 0.25) is 0 Å². The van der Waals surface area contributed by atoms with E-state index in [9.17, 15) is 0 Å². The lowest BCUT2D eigenvalue weighted by Gasteiger charge is -2.30. The number of para-hydroxylation sites is 1. The van der Waals surface area contributed by atoms with Crippen LogP contribution in [-0.2, 0) is 0 Å². The lowest BCUT2D eigenvalue weighted by atomic mass is 9.99. The first-order chi connectivity index (χ1) is 8.86. The van der Waals surface area contributed by atoms with Gasteiger partial charge in [0.05, 0.1) is 5.52 Å². The minimum absolute atomic E-state index is 0.765. The van der Waals surface area contributed by atoms with E-state index in [2.05, 4.69) is 36.0 Å². The Hall–Kier alpha value is -1.23. The molecule has 1 saturated heterocycles. The highest BCUT2D eigenvalue weighted by molar-refractivity contribution is 9.09. The van der Waals surface area contributed by atoms with Gasteiger partial charge in [0.15, 0.2) is 0 Å². The van der Waals surface area contributed by atoms with E-state index >= 15 is 0 Å². The molecule has 0 atom stereocenters. The van der Waals surface area contributed by atoms with Crippen molar-refractivity contribution < 1.29 is 0 Å². The van der Waals surface area contributed by atoms with E-state index in [4.69, 9.17) is 0 Å². The molecule has 1 aromatic carbocycles. The Bertz CT molecular complexity index is 537. The molecule has 1 aliphatic heterocycles. The third kappa shape index (κ3) is 2.32. The minimum atomic E-state index is 0.765. The maximum atomic E-state index is 4.59. The largest absolute Gasteiger partial charge is 0.339 e. The standard InChI is InChI=1S/C13H15BrN4/c14-9-10-5-7-18(8-6-10)13-15-11-3-1-2-4-12(11)16-17-13/h1-4,10H,5-9H2. The zero-order valence-corrected chi connectivity index (χ0v) is 11.7. The van der Waals surface area contributed by atoms with Crippen LogP contribution in [0.3, 0.4) is 0 Å². The first-order valence-electron chi connectivity index (χ1n) is 6.27. The van der Waals surface area contributed by atoms with Crippen LogP contribution < -0.4 is 4.90 Å². The second kappa shape index (κ2) is 5.18. The minimum Gasteiger partial charge on any atom is -0.339 e. The van der Waals surface area contributed by atoms with Gasteiger partial charge in [-0.05, 0) is 30.9 Å². The summed E-state index contributed by atoms with van der Waals surface area (Å²) in [6.07, 6.45) is 2.39. The summed E-state index contributed by atoms with van der Waals surface area (Å²) in [5, 5.41) is 9.56. The van der Waals surface area contributed by atoms with Gasteiger partial charge in [0.1, 0.15) is 5.52 Å². The number of nitrogens with zero attached hydrogens (tertiary/aromatic N) is 4. The summed E-state index contributed by atoms with van der Waals surface area (Å²) in [6, 6.07) is 7.87. The van der Waals surface area contributed by atoms with Gasteiger partial charge in [-0.25, -0.2) is 4.98 Å². The molecule has 0 radical (unpaired) electrons. The molecule has 0 unspecified atom stereocenters. The van der Waals surface area contributed by atoms with Crippen molar-refractivity contribution in [2.45, 2.75) is 12.8 Å². The number of benzene rings is 1.